The lowest BCUT2D eigenvalue weighted by Gasteiger charge is -2.13. The Bertz CT molecular complexity index is 858. The van der Waals surface area contributed by atoms with Gasteiger partial charge < -0.3 is 10.6 Å². The van der Waals surface area contributed by atoms with Crippen LogP contribution in [0.5, 0.6) is 0 Å². The molecule has 2 rings (SSSR count). The minimum absolute atomic E-state index is 0.0524. The van der Waals surface area contributed by atoms with Crippen LogP contribution < -0.4 is 5.73 Å². The predicted octanol–water partition coefficient (Wildman–Crippen LogP) is 4.40. The SMILES string of the molecule is CCCCCN(C)C=Nc1cc(-c2ncc(C(F)F)c(N)n2)c(F)cc1C=O. The van der Waals surface area contributed by atoms with Gasteiger partial charge in [-0.25, -0.2) is 28.1 Å². The molecule has 2 N–H and O–H groups in total. The van der Waals surface area contributed by atoms with Gasteiger partial charge in [0.1, 0.15) is 11.6 Å². The molecule has 150 valence electrons. The highest BCUT2D eigenvalue weighted by Crippen LogP contribution is 2.30. The van der Waals surface area contributed by atoms with Crippen LogP contribution >= 0.6 is 0 Å². The van der Waals surface area contributed by atoms with Crippen LogP contribution in [0.25, 0.3) is 11.4 Å². The van der Waals surface area contributed by atoms with Gasteiger partial charge in [-0.2, -0.15) is 0 Å². The highest BCUT2D eigenvalue weighted by atomic mass is 19.3. The Kier molecular flexibility index (Phi) is 7.48. The Morgan fingerprint density at radius 2 is 2.07 bits per heavy atom. The van der Waals surface area contributed by atoms with E-state index in [2.05, 4.69) is 21.9 Å². The van der Waals surface area contributed by atoms with E-state index in [0.717, 1.165) is 38.1 Å². The summed E-state index contributed by atoms with van der Waals surface area (Å²) in [5, 5.41) is 0. The van der Waals surface area contributed by atoms with E-state index in [4.69, 9.17) is 5.73 Å². The fourth-order valence-corrected chi connectivity index (χ4v) is 2.49. The first-order chi connectivity index (χ1) is 13.4. The van der Waals surface area contributed by atoms with Crippen molar-refractivity contribution < 1.29 is 18.0 Å². The standard InChI is InChI=1S/C19H22F3N5O/c1-3-4-5-6-27(2)11-25-16-8-13(15(20)7-12(16)10-28)19-24-9-14(17(21)22)18(23)26-19/h7-11,17H,3-6H2,1-2H3,(H2,23,24,26). The molecule has 1 aromatic carbocycles. The Morgan fingerprint density at radius 3 is 2.68 bits per heavy atom. The summed E-state index contributed by atoms with van der Waals surface area (Å²) < 4.78 is 40.0. The first-order valence-electron chi connectivity index (χ1n) is 8.81. The van der Waals surface area contributed by atoms with Crippen molar-refractivity contribution in [3.63, 3.8) is 0 Å². The van der Waals surface area contributed by atoms with Gasteiger partial charge in [0.05, 0.1) is 23.2 Å². The van der Waals surface area contributed by atoms with Crippen molar-refractivity contribution in [2.45, 2.75) is 32.6 Å². The first kappa shape index (κ1) is 21.3. The maximum Gasteiger partial charge on any atom is 0.268 e. The highest BCUT2D eigenvalue weighted by Gasteiger charge is 2.18. The lowest BCUT2D eigenvalue weighted by atomic mass is 10.1. The summed E-state index contributed by atoms with van der Waals surface area (Å²) in [7, 11) is 1.84. The van der Waals surface area contributed by atoms with Crippen LogP contribution in [0, 0.1) is 5.82 Å². The van der Waals surface area contributed by atoms with Gasteiger partial charge in [0, 0.05) is 25.4 Å². The third-order valence-corrected chi connectivity index (χ3v) is 4.08. The van der Waals surface area contributed by atoms with Crippen molar-refractivity contribution in [2.24, 2.45) is 4.99 Å². The van der Waals surface area contributed by atoms with Crippen LogP contribution in [0.3, 0.4) is 0 Å². The lowest BCUT2D eigenvalue weighted by Crippen LogP contribution is -2.17. The summed E-state index contributed by atoms with van der Waals surface area (Å²) in [6.07, 6.45) is 3.25. The molecule has 2 aromatic rings. The number of aromatic nitrogens is 2. The van der Waals surface area contributed by atoms with Crippen LogP contribution in [-0.2, 0) is 0 Å². The van der Waals surface area contributed by atoms with Crippen LogP contribution in [0.4, 0.5) is 24.7 Å². The summed E-state index contributed by atoms with van der Waals surface area (Å²) in [6.45, 7) is 2.89. The molecule has 9 heteroatoms. The second kappa shape index (κ2) is 9.82. The largest absolute Gasteiger partial charge is 0.383 e. The molecule has 0 radical (unpaired) electrons. The van der Waals surface area contributed by atoms with Gasteiger partial charge in [0.2, 0.25) is 0 Å². The van der Waals surface area contributed by atoms with E-state index < -0.39 is 23.6 Å². The summed E-state index contributed by atoms with van der Waals surface area (Å²) in [5.41, 5.74) is 5.17. The van der Waals surface area contributed by atoms with Crippen LogP contribution in [0.1, 0.15) is 48.5 Å². The molecule has 0 fully saturated rings. The average molecular weight is 393 g/mol. The van der Waals surface area contributed by atoms with E-state index >= 15 is 0 Å². The quantitative estimate of drug-likeness (QED) is 0.295. The molecular formula is C19H22F3N5O. The zero-order chi connectivity index (χ0) is 20.7. The highest BCUT2D eigenvalue weighted by molar-refractivity contribution is 5.86. The molecule has 1 aromatic heterocycles. The number of benzene rings is 1. The number of alkyl halides is 2. The molecule has 0 saturated heterocycles. The van der Waals surface area contributed by atoms with Crippen LogP contribution in [-0.4, -0.2) is 41.1 Å². The minimum atomic E-state index is -2.83. The molecule has 0 spiro atoms. The van der Waals surface area contributed by atoms with Crippen molar-refractivity contribution in [2.75, 3.05) is 19.3 Å². The van der Waals surface area contributed by atoms with E-state index in [0.29, 0.717) is 6.29 Å². The molecule has 0 aliphatic rings. The number of carbonyl (C=O) groups is 1. The number of hydrogen-bond donors (Lipinski definition) is 1. The molecule has 0 amide bonds. The Morgan fingerprint density at radius 1 is 1.32 bits per heavy atom. The second-order valence-corrected chi connectivity index (χ2v) is 6.28. The molecular weight excluding hydrogens is 371 g/mol. The normalized spacial score (nSPS) is 11.4. The summed E-state index contributed by atoms with van der Waals surface area (Å²) in [6, 6.07) is 2.30. The molecule has 0 aliphatic carbocycles. The van der Waals surface area contributed by atoms with E-state index in [9.17, 15) is 18.0 Å². The number of hydrogen-bond acceptors (Lipinski definition) is 5. The van der Waals surface area contributed by atoms with Gasteiger partial charge in [-0.15, -0.1) is 0 Å². The number of halogens is 3. The molecule has 28 heavy (non-hydrogen) atoms. The van der Waals surface area contributed by atoms with Gasteiger partial charge in [-0.05, 0) is 18.6 Å². The van der Waals surface area contributed by atoms with Crippen molar-refractivity contribution in [1.82, 2.24) is 14.9 Å². The number of aldehydes is 1. The second-order valence-electron chi connectivity index (χ2n) is 6.28. The smallest absolute Gasteiger partial charge is 0.268 e. The zero-order valence-corrected chi connectivity index (χ0v) is 15.7. The molecule has 0 atom stereocenters. The van der Waals surface area contributed by atoms with Gasteiger partial charge >= 0.3 is 0 Å². The van der Waals surface area contributed by atoms with Gasteiger partial charge in [0.25, 0.3) is 6.43 Å². The van der Waals surface area contributed by atoms with Crippen LogP contribution in [0.2, 0.25) is 0 Å². The van der Waals surface area contributed by atoms with Crippen molar-refractivity contribution in [3.8, 4) is 11.4 Å². The fraction of sp³-hybridized carbons (Fsp3) is 0.368. The first-order valence-corrected chi connectivity index (χ1v) is 8.81. The number of aliphatic imine (C=N–C) groups is 1. The van der Waals surface area contributed by atoms with Gasteiger partial charge in [0.15, 0.2) is 12.1 Å². The topological polar surface area (TPSA) is 84.5 Å². The van der Waals surface area contributed by atoms with E-state index in [1.165, 1.54) is 6.07 Å². The maximum atomic E-state index is 14.4. The number of anilines is 1. The number of rotatable bonds is 9. The summed E-state index contributed by atoms with van der Waals surface area (Å²) >= 11 is 0. The molecule has 0 saturated carbocycles. The third-order valence-electron chi connectivity index (χ3n) is 4.08. The third kappa shape index (κ3) is 5.28. The Labute approximate surface area is 161 Å². The number of nitrogen functional groups attached to an aromatic ring is 1. The average Bonchev–Trinajstić information content (AvgIpc) is 2.66. The Balaban J connectivity index is 2.36. The van der Waals surface area contributed by atoms with Crippen molar-refractivity contribution in [1.29, 1.82) is 0 Å². The van der Waals surface area contributed by atoms with Crippen molar-refractivity contribution >= 4 is 24.1 Å². The van der Waals surface area contributed by atoms with Crippen LogP contribution in [0.15, 0.2) is 23.3 Å². The van der Waals surface area contributed by atoms with Gasteiger partial charge in [-0.1, -0.05) is 19.8 Å². The number of unbranched alkanes of at least 4 members (excludes halogenated alkanes) is 2. The molecule has 6 nitrogen and oxygen atoms in total. The van der Waals surface area contributed by atoms with E-state index in [1.54, 1.807) is 6.34 Å². The predicted molar refractivity (Wildman–Crippen MR) is 102 cm³/mol. The molecule has 0 aliphatic heterocycles. The molecule has 0 bridgehead atoms. The maximum absolute atomic E-state index is 14.4. The number of nitrogens with zero attached hydrogens (tertiary/aromatic N) is 4. The van der Waals surface area contributed by atoms with E-state index in [-0.39, 0.29) is 22.6 Å². The number of nitrogens with two attached hydrogens (primary N) is 1. The zero-order valence-electron chi connectivity index (χ0n) is 15.7. The van der Waals surface area contributed by atoms with E-state index in [1.807, 2.05) is 11.9 Å². The summed E-state index contributed by atoms with van der Waals surface area (Å²) in [4.78, 5) is 24.9. The minimum Gasteiger partial charge on any atom is -0.383 e. The monoisotopic (exact) mass is 393 g/mol. The molecule has 0 unspecified atom stereocenters. The van der Waals surface area contributed by atoms with Crippen molar-refractivity contribution in [3.05, 3.63) is 35.3 Å². The summed E-state index contributed by atoms with van der Waals surface area (Å²) in [5.74, 6) is -1.37. The lowest BCUT2D eigenvalue weighted by molar-refractivity contribution is 0.112. The van der Waals surface area contributed by atoms with Gasteiger partial charge in [-0.3, -0.25) is 4.79 Å². The molecule has 1 heterocycles. The fourth-order valence-electron chi connectivity index (χ4n) is 2.49. The Hall–Kier alpha value is -2.97. The number of carbonyl (C=O) groups excluding carboxylic acids is 1.